The van der Waals surface area contributed by atoms with Crippen LogP contribution in [0.15, 0.2) is 40.2 Å². The first-order valence-electron chi connectivity index (χ1n) is 7.45. The standard InChI is InChI=1S/C15H26N4O2S/c1-13(2)9-10-17-15(16-3)18-11-12-19-22(20,21)14-7-5-4-6-8-14/h4-8,13,19H,9-12H2,1-3H3,(H2,16,17,18). The van der Waals surface area contributed by atoms with Gasteiger partial charge in [-0.25, -0.2) is 13.1 Å². The summed E-state index contributed by atoms with van der Waals surface area (Å²) in [5.74, 6) is 1.31. The highest BCUT2D eigenvalue weighted by Gasteiger charge is 2.11. The Morgan fingerprint density at radius 2 is 1.73 bits per heavy atom. The molecule has 0 amide bonds. The zero-order chi connectivity index (χ0) is 16.4. The molecule has 3 N–H and O–H groups in total. The van der Waals surface area contributed by atoms with Gasteiger partial charge in [-0.2, -0.15) is 0 Å². The third-order valence-electron chi connectivity index (χ3n) is 3.00. The number of benzene rings is 1. The van der Waals surface area contributed by atoms with Gasteiger partial charge in [-0.05, 0) is 24.5 Å². The fraction of sp³-hybridized carbons (Fsp3) is 0.533. The lowest BCUT2D eigenvalue weighted by molar-refractivity contribution is 0.571. The van der Waals surface area contributed by atoms with E-state index in [1.54, 1.807) is 37.4 Å². The molecule has 1 aromatic carbocycles. The van der Waals surface area contributed by atoms with Crippen molar-refractivity contribution in [3.63, 3.8) is 0 Å². The SMILES string of the molecule is CN=C(NCCNS(=O)(=O)c1ccccc1)NCCC(C)C. The summed E-state index contributed by atoms with van der Waals surface area (Å²) in [4.78, 5) is 4.37. The summed E-state index contributed by atoms with van der Waals surface area (Å²) >= 11 is 0. The van der Waals surface area contributed by atoms with Gasteiger partial charge in [-0.15, -0.1) is 0 Å². The average molecular weight is 326 g/mol. The van der Waals surface area contributed by atoms with Gasteiger partial charge in [0.05, 0.1) is 4.90 Å². The van der Waals surface area contributed by atoms with Crippen LogP contribution < -0.4 is 15.4 Å². The Morgan fingerprint density at radius 1 is 1.09 bits per heavy atom. The molecule has 0 aliphatic carbocycles. The van der Waals surface area contributed by atoms with Crippen molar-refractivity contribution < 1.29 is 8.42 Å². The van der Waals surface area contributed by atoms with Crippen LogP contribution in [0.3, 0.4) is 0 Å². The fourth-order valence-corrected chi connectivity index (χ4v) is 2.80. The van der Waals surface area contributed by atoms with Crippen molar-refractivity contribution in [2.45, 2.75) is 25.2 Å². The molecular formula is C15H26N4O2S. The number of hydrogen-bond acceptors (Lipinski definition) is 3. The van der Waals surface area contributed by atoms with Gasteiger partial charge >= 0.3 is 0 Å². The second-order valence-electron chi connectivity index (χ2n) is 5.32. The summed E-state index contributed by atoms with van der Waals surface area (Å²) in [6.45, 7) is 5.93. The Morgan fingerprint density at radius 3 is 2.32 bits per heavy atom. The summed E-state index contributed by atoms with van der Waals surface area (Å²) in [5.41, 5.74) is 0. The van der Waals surface area contributed by atoms with Gasteiger partial charge < -0.3 is 10.6 Å². The largest absolute Gasteiger partial charge is 0.356 e. The van der Waals surface area contributed by atoms with Crippen molar-refractivity contribution >= 4 is 16.0 Å². The quantitative estimate of drug-likeness (QED) is 0.380. The molecule has 0 unspecified atom stereocenters. The van der Waals surface area contributed by atoms with E-state index in [9.17, 15) is 8.42 Å². The molecule has 22 heavy (non-hydrogen) atoms. The van der Waals surface area contributed by atoms with Crippen molar-refractivity contribution in [3.8, 4) is 0 Å². The van der Waals surface area contributed by atoms with Crippen LogP contribution in [-0.4, -0.2) is 41.1 Å². The third kappa shape index (κ3) is 6.91. The summed E-state index contributed by atoms with van der Waals surface area (Å²) < 4.78 is 26.6. The average Bonchev–Trinajstić information content (AvgIpc) is 2.50. The highest BCUT2D eigenvalue weighted by Crippen LogP contribution is 2.06. The maximum Gasteiger partial charge on any atom is 0.240 e. The van der Waals surface area contributed by atoms with Crippen LogP contribution in [0.5, 0.6) is 0 Å². The van der Waals surface area contributed by atoms with E-state index >= 15 is 0 Å². The molecule has 0 aliphatic rings. The van der Waals surface area contributed by atoms with Gasteiger partial charge in [-0.3, -0.25) is 4.99 Å². The fourth-order valence-electron chi connectivity index (χ4n) is 1.75. The van der Waals surface area contributed by atoms with E-state index < -0.39 is 10.0 Å². The number of rotatable bonds is 8. The molecule has 0 aliphatic heterocycles. The Labute approximate surface area is 133 Å². The predicted octanol–water partition coefficient (Wildman–Crippen LogP) is 1.18. The predicted molar refractivity (Wildman–Crippen MR) is 90.4 cm³/mol. The first-order valence-corrected chi connectivity index (χ1v) is 8.93. The third-order valence-corrected chi connectivity index (χ3v) is 4.48. The van der Waals surface area contributed by atoms with Gasteiger partial charge in [0.2, 0.25) is 10.0 Å². The van der Waals surface area contributed by atoms with Crippen molar-refractivity contribution in [1.82, 2.24) is 15.4 Å². The molecule has 0 fully saturated rings. The maximum absolute atomic E-state index is 12.0. The number of aliphatic imine (C=N–C) groups is 1. The van der Waals surface area contributed by atoms with E-state index in [-0.39, 0.29) is 4.90 Å². The monoisotopic (exact) mass is 326 g/mol. The van der Waals surface area contributed by atoms with Crippen LogP contribution in [0.25, 0.3) is 0 Å². The summed E-state index contributed by atoms with van der Waals surface area (Å²) in [5, 5.41) is 6.27. The summed E-state index contributed by atoms with van der Waals surface area (Å²) in [6.07, 6.45) is 1.06. The minimum Gasteiger partial charge on any atom is -0.356 e. The first kappa shape index (κ1) is 18.4. The Kier molecular flexibility index (Phi) is 7.90. The van der Waals surface area contributed by atoms with Crippen LogP contribution in [0, 0.1) is 5.92 Å². The van der Waals surface area contributed by atoms with Gasteiger partial charge in [-0.1, -0.05) is 32.0 Å². The normalized spacial score (nSPS) is 12.5. The second-order valence-corrected chi connectivity index (χ2v) is 7.09. The number of hydrogen-bond donors (Lipinski definition) is 3. The molecule has 0 radical (unpaired) electrons. The molecule has 0 saturated carbocycles. The van der Waals surface area contributed by atoms with Crippen LogP contribution in [0.4, 0.5) is 0 Å². The topological polar surface area (TPSA) is 82.6 Å². The molecule has 0 aromatic heterocycles. The van der Waals surface area contributed by atoms with Crippen LogP contribution in [0.2, 0.25) is 0 Å². The van der Waals surface area contributed by atoms with E-state index in [1.165, 1.54) is 0 Å². The van der Waals surface area contributed by atoms with E-state index in [2.05, 4.69) is 34.2 Å². The maximum atomic E-state index is 12.0. The lowest BCUT2D eigenvalue weighted by Gasteiger charge is -2.13. The lowest BCUT2D eigenvalue weighted by Crippen LogP contribution is -2.42. The lowest BCUT2D eigenvalue weighted by atomic mass is 10.1. The van der Waals surface area contributed by atoms with Gasteiger partial charge in [0, 0.05) is 26.7 Å². The molecule has 124 valence electrons. The van der Waals surface area contributed by atoms with Crippen LogP contribution in [-0.2, 0) is 10.0 Å². The molecule has 6 nitrogen and oxygen atoms in total. The van der Waals surface area contributed by atoms with Gasteiger partial charge in [0.25, 0.3) is 0 Å². The molecule has 7 heteroatoms. The first-order chi connectivity index (χ1) is 10.5. The van der Waals surface area contributed by atoms with Crippen molar-refractivity contribution in [2.24, 2.45) is 10.9 Å². The van der Waals surface area contributed by atoms with Gasteiger partial charge in [0.1, 0.15) is 0 Å². The van der Waals surface area contributed by atoms with Crippen LogP contribution in [0.1, 0.15) is 20.3 Å². The molecule has 0 saturated heterocycles. The van der Waals surface area contributed by atoms with E-state index in [4.69, 9.17) is 0 Å². The molecule has 0 spiro atoms. The van der Waals surface area contributed by atoms with Crippen LogP contribution >= 0.6 is 0 Å². The number of nitrogens with one attached hydrogen (secondary N) is 3. The minimum atomic E-state index is -3.44. The Bertz CT molecular complexity index is 556. The van der Waals surface area contributed by atoms with Crippen molar-refractivity contribution in [1.29, 1.82) is 0 Å². The zero-order valence-corrected chi connectivity index (χ0v) is 14.3. The highest BCUT2D eigenvalue weighted by atomic mass is 32.2. The van der Waals surface area contributed by atoms with Crippen molar-refractivity contribution in [2.75, 3.05) is 26.7 Å². The number of sulfonamides is 1. The summed E-state index contributed by atoms with van der Waals surface area (Å²) in [7, 11) is -1.75. The molecule has 1 aromatic rings. The Balaban J connectivity index is 2.32. The molecule has 0 bridgehead atoms. The molecular weight excluding hydrogens is 300 g/mol. The zero-order valence-electron chi connectivity index (χ0n) is 13.5. The minimum absolute atomic E-state index is 0.273. The molecule has 0 atom stereocenters. The van der Waals surface area contributed by atoms with Crippen molar-refractivity contribution in [3.05, 3.63) is 30.3 Å². The summed E-state index contributed by atoms with van der Waals surface area (Å²) in [6, 6.07) is 8.33. The Hall–Kier alpha value is -1.60. The highest BCUT2D eigenvalue weighted by molar-refractivity contribution is 7.89. The van der Waals surface area contributed by atoms with Gasteiger partial charge in [0.15, 0.2) is 5.96 Å². The van der Waals surface area contributed by atoms with E-state index in [0.717, 1.165) is 13.0 Å². The number of guanidine groups is 1. The second kappa shape index (κ2) is 9.42. The molecule has 1 rings (SSSR count). The molecule has 0 heterocycles. The van der Waals surface area contributed by atoms with E-state index in [0.29, 0.717) is 25.0 Å². The number of nitrogens with zero attached hydrogens (tertiary/aromatic N) is 1. The van der Waals surface area contributed by atoms with E-state index in [1.807, 2.05) is 0 Å². The smallest absolute Gasteiger partial charge is 0.240 e.